The van der Waals surface area contributed by atoms with Crippen molar-refractivity contribution in [1.82, 2.24) is 0 Å². The predicted molar refractivity (Wildman–Crippen MR) is 66.3 cm³/mol. The van der Waals surface area contributed by atoms with Gasteiger partial charge in [-0.3, -0.25) is 9.59 Å². The van der Waals surface area contributed by atoms with Crippen LogP contribution in [-0.2, 0) is 9.53 Å². The minimum absolute atomic E-state index is 0.156. The van der Waals surface area contributed by atoms with Crippen molar-refractivity contribution < 1.29 is 14.3 Å². The molecule has 18 heavy (non-hydrogen) atoms. The first-order valence-corrected chi connectivity index (χ1v) is 5.80. The van der Waals surface area contributed by atoms with E-state index in [2.05, 4.69) is 0 Å². The maximum Gasteiger partial charge on any atom is 0.198 e. The molecule has 1 aliphatic heterocycles. The highest BCUT2D eigenvalue weighted by molar-refractivity contribution is 6.15. The van der Waals surface area contributed by atoms with Crippen molar-refractivity contribution in [2.75, 3.05) is 0 Å². The maximum absolute atomic E-state index is 12.4. The highest BCUT2D eigenvalue weighted by atomic mass is 16.6. The second-order valence-corrected chi connectivity index (χ2v) is 4.65. The number of ether oxygens (including phenoxy) is 1. The molecule has 2 atom stereocenters. The molecule has 3 rings (SSSR count). The molecule has 1 spiro atoms. The molecule has 1 aromatic rings. The lowest BCUT2D eigenvalue weighted by molar-refractivity contribution is -0.118. The number of allylic oxidation sites excluding steroid dienone is 2. The number of ketones is 2. The molecule has 1 fully saturated rings. The lowest BCUT2D eigenvalue weighted by Crippen LogP contribution is -2.36. The largest absolute Gasteiger partial charge is 0.341 e. The molecule has 0 saturated carbocycles. The van der Waals surface area contributed by atoms with Crippen LogP contribution in [0.1, 0.15) is 17.3 Å². The summed E-state index contributed by atoms with van der Waals surface area (Å²) in [6.07, 6.45) is 6.51. The van der Waals surface area contributed by atoms with Gasteiger partial charge >= 0.3 is 0 Å². The molecule has 1 unspecified atom stereocenters. The van der Waals surface area contributed by atoms with Crippen LogP contribution >= 0.6 is 0 Å². The van der Waals surface area contributed by atoms with Gasteiger partial charge in [0.05, 0.1) is 0 Å². The van der Waals surface area contributed by atoms with Crippen molar-refractivity contribution in [1.29, 1.82) is 0 Å². The van der Waals surface area contributed by atoms with Crippen molar-refractivity contribution >= 4 is 11.6 Å². The SMILES string of the molecule is C[C@@]1(C(=O)c2ccccc2)OC12C=CC=CC2=O. The van der Waals surface area contributed by atoms with Crippen molar-refractivity contribution in [2.24, 2.45) is 0 Å². The second-order valence-electron chi connectivity index (χ2n) is 4.65. The third-order valence-electron chi connectivity index (χ3n) is 3.56. The summed E-state index contributed by atoms with van der Waals surface area (Å²) in [5.41, 5.74) is -1.60. The number of carbonyl (C=O) groups is 2. The molecule has 0 bridgehead atoms. The summed E-state index contributed by atoms with van der Waals surface area (Å²) in [4.78, 5) is 24.3. The van der Waals surface area contributed by atoms with Gasteiger partial charge in [0, 0.05) is 5.56 Å². The van der Waals surface area contributed by atoms with Crippen LogP contribution in [0, 0.1) is 0 Å². The van der Waals surface area contributed by atoms with Crippen molar-refractivity contribution in [3.05, 3.63) is 60.2 Å². The quantitative estimate of drug-likeness (QED) is 0.587. The number of benzene rings is 1. The summed E-state index contributed by atoms with van der Waals surface area (Å²) in [6.45, 7) is 1.67. The molecule has 2 aliphatic rings. The average molecular weight is 240 g/mol. The standard InChI is InChI=1S/C15H12O3/c1-14(13(17)11-7-3-2-4-8-11)15(18-14)10-6-5-9-12(15)16/h2-10H,1H3/t14-,15?/m0/s1. The third-order valence-corrected chi connectivity index (χ3v) is 3.56. The zero-order chi connectivity index (χ0) is 12.8. The Morgan fingerprint density at radius 3 is 2.56 bits per heavy atom. The van der Waals surface area contributed by atoms with Gasteiger partial charge in [0.15, 0.2) is 22.8 Å². The van der Waals surface area contributed by atoms with Gasteiger partial charge < -0.3 is 4.74 Å². The molecule has 1 saturated heterocycles. The Balaban J connectivity index is 1.96. The topological polar surface area (TPSA) is 46.7 Å². The molecule has 1 heterocycles. The third kappa shape index (κ3) is 1.28. The molecule has 3 nitrogen and oxygen atoms in total. The van der Waals surface area contributed by atoms with Crippen LogP contribution < -0.4 is 0 Å². The molecule has 90 valence electrons. The predicted octanol–water partition coefficient (Wildman–Crippen LogP) is 2.09. The van der Waals surface area contributed by atoms with E-state index in [9.17, 15) is 9.59 Å². The summed E-state index contributed by atoms with van der Waals surface area (Å²) < 4.78 is 5.52. The Morgan fingerprint density at radius 2 is 1.89 bits per heavy atom. The van der Waals surface area contributed by atoms with E-state index >= 15 is 0 Å². The van der Waals surface area contributed by atoms with Gasteiger partial charge in [-0.15, -0.1) is 0 Å². The monoisotopic (exact) mass is 240 g/mol. The zero-order valence-corrected chi connectivity index (χ0v) is 9.92. The minimum atomic E-state index is -1.09. The maximum atomic E-state index is 12.4. The fraction of sp³-hybridized carbons (Fsp3) is 0.200. The smallest absolute Gasteiger partial charge is 0.198 e. The van der Waals surface area contributed by atoms with Crippen LogP contribution in [0.25, 0.3) is 0 Å². The summed E-state index contributed by atoms with van der Waals surface area (Å²) in [5.74, 6) is -0.326. The van der Waals surface area contributed by atoms with Gasteiger partial charge in [-0.1, -0.05) is 42.5 Å². The fourth-order valence-electron chi connectivity index (χ4n) is 2.39. The van der Waals surface area contributed by atoms with E-state index < -0.39 is 11.2 Å². The lowest BCUT2D eigenvalue weighted by atomic mass is 9.82. The Morgan fingerprint density at radius 1 is 1.17 bits per heavy atom. The normalized spacial score (nSPS) is 32.8. The number of carbonyl (C=O) groups excluding carboxylic acids is 2. The molecular weight excluding hydrogens is 228 g/mol. The van der Waals surface area contributed by atoms with Crippen LogP contribution in [-0.4, -0.2) is 22.8 Å². The van der Waals surface area contributed by atoms with Gasteiger partial charge in [-0.05, 0) is 19.1 Å². The first-order valence-electron chi connectivity index (χ1n) is 5.80. The van der Waals surface area contributed by atoms with Crippen LogP contribution in [0.5, 0.6) is 0 Å². The molecule has 0 amide bonds. The van der Waals surface area contributed by atoms with Crippen molar-refractivity contribution in [3.8, 4) is 0 Å². The van der Waals surface area contributed by atoms with Crippen LogP contribution in [0.15, 0.2) is 54.6 Å². The fourth-order valence-corrected chi connectivity index (χ4v) is 2.39. The highest BCUT2D eigenvalue weighted by Gasteiger charge is 2.73. The van der Waals surface area contributed by atoms with E-state index in [0.29, 0.717) is 5.56 Å². The Labute approximate surface area is 105 Å². The van der Waals surface area contributed by atoms with E-state index in [0.717, 1.165) is 0 Å². The number of Topliss-reactive ketones (excluding diaryl/α,β-unsaturated/α-hetero) is 1. The zero-order valence-electron chi connectivity index (χ0n) is 9.92. The molecule has 1 aromatic carbocycles. The average Bonchev–Trinajstić information content (AvgIpc) is 3.01. The lowest BCUT2D eigenvalue weighted by Gasteiger charge is -2.12. The van der Waals surface area contributed by atoms with Gasteiger partial charge in [0.1, 0.15) is 0 Å². The first-order chi connectivity index (χ1) is 8.60. The van der Waals surface area contributed by atoms with Gasteiger partial charge in [-0.25, -0.2) is 0 Å². The minimum Gasteiger partial charge on any atom is -0.341 e. The van der Waals surface area contributed by atoms with E-state index in [-0.39, 0.29) is 11.6 Å². The second kappa shape index (κ2) is 3.50. The number of hydrogen-bond donors (Lipinski definition) is 0. The number of rotatable bonds is 2. The van der Waals surface area contributed by atoms with E-state index in [1.165, 1.54) is 6.08 Å². The van der Waals surface area contributed by atoms with E-state index in [1.54, 1.807) is 49.4 Å². The van der Waals surface area contributed by atoms with E-state index in [4.69, 9.17) is 4.74 Å². The molecule has 3 heteroatoms. The van der Waals surface area contributed by atoms with Crippen LogP contribution in [0.4, 0.5) is 0 Å². The van der Waals surface area contributed by atoms with Crippen LogP contribution in [0.3, 0.4) is 0 Å². The summed E-state index contributed by atoms with van der Waals surface area (Å²) in [7, 11) is 0. The number of hydrogen-bond acceptors (Lipinski definition) is 3. The van der Waals surface area contributed by atoms with Crippen LogP contribution in [0.2, 0.25) is 0 Å². The first kappa shape index (κ1) is 11.1. The van der Waals surface area contributed by atoms with Gasteiger partial charge in [0.25, 0.3) is 0 Å². The van der Waals surface area contributed by atoms with Crippen molar-refractivity contribution in [2.45, 2.75) is 18.1 Å². The van der Waals surface area contributed by atoms with Gasteiger partial charge in [0.2, 0.25) is 0 Å². The molecule has 1 aliphatic carbocycles. The Kier molecular flexibility index (Phi) is 2.16. The van der Waals surface area contributed by atoms with E-state index in [1.807, 2.05) is 6.07 Å². The Hall–Kier alpha value is -2.00. The summed E-state index contributed by atoms with van der Waals surface area (Å²) >= 11 is 0. The number of epoxide rings is 1. The molecular formula is C15H12O3. The summed E-state index contributed by atoms with van der Waals surface area (Å²) in [5, 5.41) is 0. The molecule has 0 radical (unpaired) electrons. The molecule has 0 aromatic heterocycles. The summed E-state index contributed by atoms with van der Waals surface area (Å²) in [6, 6.07) is 8.90. The Bertz CT molecular complexity index is 585. The highest BCUT2D eigenvalue weighted by Crippen LogP contribution is 2.52. The molecule has 0 N–H and O–H groups in total. The van der Waals surface area contributed by atoms with Crippen molar-refractivity contribution in [3.63, 3.8) is 0 Å². The van der Waals surface area contributed by atoms with Gasteiger partial charge in [-0.2, -0.15) is 0 Å².